The van der Waals surface area contributed by atoms with Crippen LogP contribution in [0.4, 0.5) is 0 Å². The molecule has 1 N–H and O–H groups in total. The minimum atomic E-state index is -0.953. The Hall–Kier alpha value is -0.640. The Kier molecular flexibility index (Phi) is 4.45. The average molecular weight is 397 g/mol. The van der Waals surface area contributed by atoms with Crippen molar-refractivity contribution in [2.75, 3.05) is 0 Å². The van der Waals surface area contributed by atoms with E-state index in [0.717, 1.165) is 37.7 Å². The molecule has 0 aliphatic heterocycles. The highest BCUT2D eigenvalue weighted by atomic mass is 35.5. The van der Waals surface area contributed by atoms with Gasteiger partial charge < -0.3 is 5.11 Å². The second-order valence-corrected chi connectivity index (χ2v) is 10.1. The smallest absolute Gasteiger partial charge is 0.169 e. The first kappa shape index (κ1) is 18.7. The molecular formula is C21H26Cl2O3. The largest absolute Gasteiger partial charge is 0.391 e. The van der Waals surface area contributed by atoms with E-state index < -0.39 is 16.4 Å². The van der Waals surface area contributed by atoms with Gasteiger partial charge in [-0.2, -0.15) is 0 Å². The fourth-order valence-corrected chi connectivity index (χ4v) is 6.83. The van der Waals surface area contributed by atoms with E-state index in [4.69, 9.17) is 23.2 Å². The van der Waals surface area contributed by atoms with Gasteiger partial charge in [0.1, 0.15) is 0 Å². The van der Waals surface area contributed by atoms with Crippen LogP contribution in [0, 0.1) is 28.6 Å². The number of hydrogen-bond donors (Lipinski definition) is 1. The monoisotopic (exact) mass is 396 g/mol. The van der Waals surface area contributed by atoms with Crippen LogP contribution >= 0.6 is 23.2 Å². The molecule has 4 aliphatic carbocycles. The van der Waals surface area contributed by atoms with E-state index in [-0.39, 0.29) is 29.3 Å². The van der Waals surface area contributed by atoms with Crippen LogP contribution in [-0.4, -0.2) is 27.6 Å². The van der Waals surface area contributed by atoms with Gasteiger partial charge in [-0.25, -0.2) is 0 Å². The summed E-state index contributed by atoms with van der Waals surface area (Å²) in [6, 6.07) is 0. The molecule has 142 valence electrons. The Morgan fingerprint density at radius 2 is 2.00 bits per heavy atom. The SMILES string of the molecule is C[C@@]12C(=CC(=O)CC1O)CC[C@@H]1C2=CC[C@]2(C)[C@@H](C(=O)C(Cl)Cl)CC[C@@H]12. The quantitative estimate of drug-likeness (QED) is 0.555. The van der Waals surface area contributed by atoms with Crippen molar-refractivity contribution in [3.63, 3.8) is 0 Å². The first-order valence-corrected chi connectivity index (χ1v) is 10.5. The Labute approximate surface area is 164 Å². The van der Waals surface area contributed by atoms with E-state index in [1.807, 2.05) is 0 Å². The van der Waals surface area contributed by atoms with Gasteiger partial charge >= 0.3 is 0 Å². The molecule has 0 heterocycles. The van der Waals surface area contributed by atoms with Crippen LogP contribution in [0.3, 0.4) is 0 Å². The van der Waals surface area contributed by atoms with Crippen molar-refractivity contribution >= 4 is 34.8 Å². The van der Waals surface area contributed by atoms with Crippen molar-refractivity contribution < 1.29 is 14.7 Å². The summed E-state index contributed by atoms with van der Waals surface area (Å²) in [6.45, 7) is 4.31. The van der Waals surface area contributed by atoms with Gasteiger partial charge in [-0.3, -0.25) is 9.59 Å². The molecule has 0 amide bonds. The molecule has 0 bridgehead atoms. The molecule has 5 heteroatoms. The summed E-state index contributed by atoms with van der Waals surface area (Å²) < 4.78 is 0. The summed E-state index contributed by atoms with van der Waals surface area (Å²) in [5.74, 6) is 0.674. The van der Waals surface area contributed by atoms with E-state index in [1.54, 1.807) is 6.08 Å². The van der Waals surface area contributed by atoms with Crippen LogP contribution in [0.5, 0.6) is 0 Å². The molecule has 3 nitrogen and oxygen atoms in total. The van der Waals surface area contributed by atoms with Crippen LogP contribution in [0.2, 0.25) is 0 Å². The minimum absolute atomic E-state index is 0.0338. The number of allylic oxidation sites excluding steroid dienone is 2. The lowest BCUT2D eigenvalue weighted by Crippen LogP contribution is -2.50. The van der Waals surface area contributed by atoms with Crippen molar-refractivity contribution in [2.45, 2.75) is 63.3 Å². The fraction of sp³-hybridized carbons (Fsp3) is 0.714. The number of halogens is 2. The van der Waals surface area contributed by atoms with E-state index in [0.29, 0.717) is 11.8 Å². The third-order valence-electron chi connectivity index (χ3n) is 8.00. The highest BCUT2D eigenvalue weighted by Crippen LogP contribution is 2.64. The Morgan fingerprint density at radius 1 is 1.27 bits per heavy atom. The molecule has 0 aromatic heterocycles. The summed E-state index contributed by atoms with van der Waals surface area (Å²) in [5.41, 5.74) is 1.83. The van der Waals surface area contributed by atoms with Crippen molar-refractivity contribution in [1.82, 2.24) is 0 Å². The van der Waals surface area contributed by atoms with Crippen LogP contribution in [0.15, 0.2) is 23.3 Å². The normalized spacial score (nSPS) is 44.8. The lowest BCUT2D eigenvalue weighted by Gasteiger charge is -2.54. The van der Waals surface area contributed by atoms with Crippen molar-refractivity contribution in [2.24, 2.45) is 28.6 Å². The van der Waals surface area contributed by atoms with Gasteiger partial charge in [0.15, 0.2) is 16.4 Å². The van der Waals surface area contributed by atoms with Gasteiger partial charge in [0.2, 0.25) is 0 Å². The predicted molar refractivity (Wildman–Crippen MR) is 102 cm³/mol. The number of hydrogen-bond acceptors (Lipinski definition) is 3. The molecule has 26 heavy (non-hydrogen) atoms. The fourth-order valence-electron chi connectivity index (χ4n) is 6.52. The Morgan fingerprint density at radius 3 is 2.69 bits per heavy atom. The number of carbonyl (C=O) groups excluding carboxylic acids is 2. The van der Waals surface area contributed by atoms with E-state index in [1.165, 1.54) is 5.57 Å². The average Bonchev–Trinajstić information content (AvgIpc) is 2.92. The van der Waals surface area contributed by atoms with Crippen LogP contribution in [0.1, 0.15) is 52.4 Å². The molecule has 0 aromatic carbocycles. The molecule has 2 fully saturated rings. The van der Waals surface area contributed by atoms with Gasteiger partial charge in [0.05, 0.1) is 6.10 Å². The summed E-state index contributed by atoms with van der Waals surface area (Å²) >= 11 is 11.8. The number of aliphatic hydroxyl groups is 1. The third-order valence-corrected chi connectivity index (χ3v) is 8.43. The molecule has 0 radical (unpaired) electrons. The van der Waals surface area contributed by atoms with Crippen LogP contribution < -0.4 is 0 Å². The van der Waals surface area contributed by atoms with Crippen LogP contribution in [-0.2, 0) is 9.59 Å². The molecule has 0 saturated heterocycles. The highest BCUT2D eigenvalue weighted by Gasteiger charge is 2.59. The Bertz CT molecular complexity index is 725. The molecule has 0 aromatic rings. The van der Waals surface area contributed by atoms with E-state index in [9.17, 15) is 14.7 Å². The highest BCUT2D eigenvalue weighted by molar-refractivity contribution is 6.54. The molecule has 6 atom stereocenters. The third kappa shape index (κ3) is 2.43. The lowest BCUT2D eigenvalue weighted by molar-refractivity contribution is -0.125. The number of rotatable bonds is 2. The molecule has 4 rings (SSSR count). The van der Waals surface area contributed by atoms with Gasteiger partial charge in [0, 0.05) is 17.8 Å². The summed E-state index contributed by atoms with van der Waals surface area (Å²) in [7, 11) is 0. The number of alkyl halides is 2. The standard InChI is InChI=1S/C21H26Cl2O3/c1-20-8-7-15-13(14(20)5-6-16(20)18(26)19(22)23)4-3-11-9-12(24)10-17(25)21(11,15)2/h7,9,13-14,16-17,19,25H,3-6,8,10H2,1-2H3/t13-,14-,16+,17?,20-,21-/m0/s1. The number of ketones is 2. The number of carbonyl (C=O) groups is 2. The van der Waals surface area contributed by atoms with E-state index in [2.05, 4.69) is 19.9 Å². The van der Waals surface area contributed by atoms with Crippen molar-refractivity contribution in [3.8, 4) is 0 Å². The maximum Gasteiger partial charge on any atom is 0.169 e. The molecular weight excluding hydrogens is 371 g/mol. The first-order chi connectivity index (χ1) is 12.2. The summed E-state index contributed by atoms with van der Waals surface area (Å²) in [5, 5.41) is 10.8. The van der Waals surface area contributed by atoms with Gasteiger partial charge in [0.25, 0.3) is 0 Å². The van der Waals surface area contributed by atoms with Crippen LogP contribution in [0.25, 0.3) is 0 Å². The summed E-state index contributed by atoms with van der Waals surface area (Å²) in [6.07, 6.45) is 8.06. The zero-order chi connectivity index (χ0) is 18.9. The minimum Gasteiger partial charge on any atom is -0.391 e. The lowest BCUT2D eigenvalue weighted by atomic mass is 9.50. The van der Waals surface area contributed by atoms with Gasteiger partial charge in [-0.05, 0) is 62.4 Å². The zero-order valence-electron chi connectivity index (χ0n) is 15.3. The zero-order valence-corrected chi connectivity index (χ0v) is 16.8. The number of aliphatic hydroxyl groups excluding tert-OH is 1. The van der Waals surface area contributed by atoms with E-state index >= 15 is 0 Å². The molecule has 4 aliphatic rings. The maximum absolute atomic E-state index is 12.6. The van der Waals surface area contributed by atoms with Crippen molar-refractivity contribution in [1.29, 1.82) is 0 Å². The predicted octanol–water partition coefficient (Wildman–Crippen LogP) is 4.40. The molecule has 0 spiro atoms. The van der Waals surface area contributed by atoms with Gasteiger partial charge in [-0.1, -0.05) is 47.3 Å². The topological polar surface area (TPSA) is 54.4 Å². The second-order valence-electron chi connectivity index (χ2n) is 9.01. The summed E-state index contributed by atoms with van der Waals surface area (Å²) in [4.78, 5) is 23.5. The van der Waals surface area contributed by atoms with Gasteiger partial charge in [-0.15, -0.1) is 0 Å². The first-order valence-electron chi connectivity index (χ1n) is 9.64. The van der Waals surface area contributed by atoms with Crippen molar-refractivity contribution in [3.05, 3.63) is 23.3 Å². The maximum atomic E-state index is 12.6. The Balaban J connectivity index is 1.73. The second kappa shape index (κ2) is 6.18. The molecule has 2 saturated carbocycles. The number of Topliss-reactive ketones (excluding diaryl/α,β-unsaturated/α-hetero) is 1. The molecule has 1 unspecified atom stereocenters. The number of fused-ring (bicyclic) bond motifs is 5.